The molecule has 2 N–H and O–H groups in total. The summed E-state index contributed by atoms with van der Waals surface area (Å²) in [5.41, 5.74) is 1.26. The van der Waals surface area contributed by atoms with E-state index < -0.39 is 0 Å². The summed E-state index contributed by atoms with van der Waals surface area (Å²) in [5.74, 6) is 0.0924. The van der Waals surface area contributed by atoms with Crippen molar-refractivity contribution >= 4 is 12.0 Å². The number of rotatable bonds is 3. The van der Waals surface area contributed by atoms with Crippen molar-refractivity contribution in [2.24, 2.45) is 0 Å². The summed E-state index contributed by atoms with van der Waals surface area (Å²) >= 11 is 0. The van der Waals surface area contributed by atoms with E-state index in [9.17, 15) is 9.90 Å². The summed E-state index contributed by atoms with van der Waals surface area (Å²) in [5, 5.41) is 21.5. The van der Waals surface area contributed by atoms with Crippen LogP contribution < -0.4 is 10.1 Å². The molecular weight excluding hydrogens is 280 g/mol. The van der Waals surface area contributed by atoms with Crippen LogP contribution in [-0.4, -0.2) is 23.7 Å². The highest BCUT2D eigenvalue weighted by Gasteiger charge is 2.30. The number of carbonyl (C=O) groups is 1. The molecule has 0 bridgehead atoms. The minimum Gasteiger partial charge on any atom is -0.504 e. The van der Waals surface area contributed by atoms with E-state index in [2.05, 4.69) is 5.32 Å². The molecule has 0 fully saturated rings. The molecule has 0 aromatic heterocycles. The van der Waals surface area contributed by atoms with Crippen LogP contribution in [0.1, 0.15) is 25.8 Å². The quantitative estimate of drug-likeness (QED) is 0.898. The fraction of sp³-hybridized carbons (Fsp3) is 0.294. The van der Waals surface area contributed by atoms with Crippen molar-refractivity contribution in [3.63, 3.8) is 0 Å². The number of allylic oxidation sites excluding steroid dienone is 1. The van der Waals surface area contributed by atoms with E-state index in [-0.39, 0.29) is 22.8 Å². The van der Waals surface area contributed by atoms with Gasteiger partial charge in [0.25, 0.3) is 5.91 Å². The van der Waals surface area contributed by atoms with E-state index in [1.807, 2.05) is 19.9 Å². The monoisotopic (exact) mass is 298 g/mol. The van der Waals surface area contributed by atoms with Crippen molar-refractivity contribution in [3.8, 4) is 17.6 Å². The number of aromatic hydroxyl groups is 1. The number of ether oxygens (including phenoxy) is 1. The number of nitriles is 1. The Morgan fingerprint density at radius 3 is 2.77 bits per heavy atom. The Labute approximate surface area is 129 Å². The van der Waals surface area contributed by atoms with Crippen molar-refractivity contribution < 1.29 is 14.6 Å². The lowest BCUT2D eigenvalue weighted by atomic mass is 9.87. The second-order valence-corrected chi connectivity index (χ2v) is 5.79. The minimum atomic E-state index is -0.385. The van der Waals surface area contributed by atoms with E-state index in [0.29, 0.717) is 17.7 Å². The molecule has 1 aromatic carbocycles. The highest BCUT2D eigenvalue weighted by atomic mass is 16.5. The Hall–Kier alpha value is -2.74. The van der Waals surface area contributed by atoms with Crippen LogP contribution in [0.2, 0.25) is 0 Å². The van der Waals surface area contributed by atoms with Crippen LogP contribution in [-0.2, 0) is 4.79 Å². The summed E-state index contributed by atoms with van der Waals surface area (Å²) < 4.78 is 5.06. The van der Waals surface area contributed by atoms with Gasteiger partial charge in [-0.05, 0) is 43.5 Å². The number of phenols is 1. The summed E-state index contributed by atoms with van der Waals surface area (Å²) in [4.78, 5) is 11.9. The molecule has 0 saturated heterocycles. The number of methoxy groups -OCH3 is 1. The molecule has 0 saturated carbocycles. The molecule has 0 atom stereocenters. The molecule has 1 aliphatic rings. The van der Waals surface area contributed by atoms with Gasteiger partial charge in [0.05, 0.1) is 7.11 Å². The Morgan fingerprint density at radius 1 is 1.41 bits per heavy atom. The smallest absolute Gasteiger partial charge is 0.262 e. The van der Waals surface area contributed by atoms with Crippen molar-refractivity contribution in [3.05, 3.63) is 41.0 Å². The van der Waals surface area contributed by atoms with Crippen molar-refractivity contribution in [1.29, 1.82) is 5.26 Å². The molecule has 0 spiro atoms. The number of benzene rings is 1. The fourth-order valence-electron chi connectivity index (χ4n) is 2.38. The molecule has 0 unspecified atom stereocenters. The van der Waals surface area contributed by atoms with Gasteiger partial charge in [-0.15, -0.1) is 0 Å². The second kappa shape index (κ2) is 5.94. The Bertz CT molecular complexity index is 709. The highest BCUT2D eigenvalue weighted by molar-refractivity contribution is 6.00. The first-order chi connectivity index (χ1) is 10.4. The lowest BCUT2D eigenvalue weighted by molar-refractivity contribution is -0.119. The van der Waals surface area contributed by atoms with Crippen LogP contribution in [0.25, 0.3) is 6.08 Å². The first-order valence-electron chi connectivity index (χ1n) is 6.87. The normalized spacial score (nSPS) is 17.3. The van der Waals surface area contributed by atoms with Crippen LogP contribution in [0, 0.1) is 11.3 Å². The Balaban J connectivity index is 2.35. The predicted octanol–water partition coefficient (Wildman–Crippen LogP) is 2.53. The van der Waals surface area contributed by atoms with E-state index in [0.717, 1.165) is 5.56 Å². The zero-order valence-electron chi connectivity index (χ0n) is 12.8. The summed E-state index contributed by atoms with van der Waals surface area (Å²) in [7, 11) is 1.48. The average molecular weight is 298 g/mol. The third kappa shape index (κ3) is 3.29. The number of carbonyl (C=O) groups excluding carboxylic acids is 1. The van der Waals surface area contributed by atoms with Gasteiger partial charge in [-0.25, -0.2) is 0 Å². The lowest BCUT2D eigenvalue weighted by Gasteiger charge is -2.31. The predicted molar refractivity (Wildman–Crippen MR) is 83.2 cm³/mol. The molecule has 1 heterocycles. The van der Waals surface area contributed by atoms with Gasteiger partial charge in [0.15, 0.2) is 11.5 Å². The van der Waals surface area contributed by atoms with Crippen molar-refractivity contribution in [2.75, 3.05) is 7.11 Å². The van der Waals surface area contributed by atoms with Crippen LogP contribution in [0.15, 0.2) is 35.4 Å². The molecule has 1 aromatic rings. The van der Waals surface area contributed by atoms with Crippen LogP contribution in [0.3, 0.4) is 0 Å². The molecule has 22 heavy (non-hydrogen) atoms. The SMILES string of the molecule is COc1cc(/C=C/C2=C(C#N)C(=O)NC(C)(C)C2)ccc1O. The number of amides is 1. The molecule has 0 aliphatic carbocycles. The number of nitrogens with zero attached hydrogens (tertiary/aromatic N) is 1. The minimum absolute atomic E-state index is 0.0646. The maximum Gasteiger partial charge on any atom is 0.262 e. The molecular formula is C17H18N2O3. The molecule has 0 radical (unpaired) electrons. The van der Waals surface area contributed by atoms with Gasteiger partial charge in [0.2, 0.25) is 0 Å². The van der Waals surface area contributed by atoms with Crippen LogP contribution in [0.5, 0.6) is 11.5 Å². The number of hydrogen-bond donors (Lipinski definition) is 2. The third-order valence-corrected chi connectivity index (χ3v) is 3.43. The average Bonchev–Trinajstić information content (AvgIpc) is 2.45. The first kappa shape index (κ1) is 15.6. The summed E-state index contributed by atoms with van der Waals surface area (Å²) in [6, 6.07) is 6.92. The van der Waals surface area contributed by atoms with Gasteiger partial charge < -0.3 is 15.2 Å². The second-order valence-electron chi connectivity index (χ2n) is 5.79. The molecule has 114 valence electrons. The maximum atomic E-state index is 11.9. The standard InChI is InChI=1S/C17H18N2O3/c1-17(2)9-12(13(10-18)16(21)19-17)6-4-11-5-7-14(20)15(8-11)22-3/h4-8,20H,9H2,1-3H3,(H,19,21)/b6-4+. The van der Waals surface area contributed by atoms with E-state index in [1.165, 1.54) is 13.2 Å². The largest absolute Gasteiger partial charge is 0.504 e. The zero-order valence-corrected chi connectivity index (χ0v) is 12.8. The molecule has 1 amide bonds. The van der Waals surface area contributed by atoms with Crippen molar-refractivity contribution in [1.82, 2.24) is 5.32 Å². The van der Waals surface area contributed by atoms with Gasteiger partial charge in [-0.1, -0.05) is 18.2 Å². The maximum absolute atomic E-state index is 11.9. The third-order valence-electron chi connectivity index (χ3n) is 3.43. The number of nitrogens with one attached hydrogen (secondary N) is 1. The Morgan fingerprint density at radius 2 is 2.14 bits per heavy atom. The van der Waals surface area contributed by atoms with Gasteiger partial charge in [0, 0.05) is 5.54 Å². The zero-order chi connectivity index (χ0) is 16.3. The topological polar surface area (TPSA) is 82.3 Å². The molecule has 5 nitrogen and oxygen atoms in total. The number of phenolic OH excluding ortho intramolecular Hbond substituents is 1. The van der Waals surface area contributed by atoms with Gasteiger partial charge in [-0.3, -0.25) is 4.79 Å². The van der Waals surface area contributed by atoms with Gasteiger partial charge in [0.1, 0.15) is 11.6 Å². The van der Waals surface area contributed by atoms with E-state index in [1.54, 1.807) is 24.3 Å². The number of hydrogen-bond acceptors (Lipinski definition) is 4. The summed E-state index contributed by atoms with van der Waals surface area (Å²) in [6.45, 7) is 3.83. The van der Waals surface area contributed by atoms with Gasteiger partial charge >= 0.3 is 0 Å². The Kier molecular flexibility index (Phi) is 4.22. The molecule has 5 heteroatoms. The van der Waals surface area contributed by atoms with Crippen LogP contribution in [0.4, 0.5) is 0 Å². The highest BCUT2D eigenvalue weighted by Crippen LogP contribution is 2.29. The fourth-order valence-corrected chi connectivity index (χ4v) is 2.38. The van der Waals surface area contributed by atoms with Gasteiger partial charge in [-0.2, -0.15) is 5.26 Å². The summed E-state index contributed by atoms with van der Waals surface area (Å²) in [6.07, 6.45) is 4.14. The lowest BCUT2D eigenvalue weighted by Crippen LogP contribution is -2.47. The van der Waals surface area contributed by atoms with E-state index >= 15 is 0 Å². The molecule has 1 aliphatic heterocycles. The van der Waals surface area contributed by atoms with E-state index in [4.69, 9.17) is 10.00 Å². The molecule has 2 rings (SSSR count). The first-order valence-corrected chi connectivity index (χ1v) is 6.87. The van der Waals surface area contributed by atoms with Crippen LogP contribution >= 0.6 is 0 Å². The van der Waals surface area contributed by atoms with Crippen molar-refractivity contribution in [2.45, 2.75) is 25.8 Å².